The third-order valence-corrected chi connectivity index (χ3v) is 5.43. The summed E-state index contributed by atoms with van der Waals surface area (Å²) < 4.78 is 0. The minimum atomic E-state index is -0.454. The lowest BCUT2D eigenvalue weighted by atomic mass is 9.71. The van der Waals surface area contributed by atoms with Crippen LogP contribution in [-0.2, 0) is 5.41 Å². The van der Waals surface area contributed by atoms with Crippen molar-refractivity contribution in [2.45, 2.75) is 38.1 Å². The van der Waals surface area contributed by atoms with Gasteiger partial charge in [-0.2, -0.15) is 0 Å². The van der Waals surface area contributed by atoms with Crippen molar-refractivity contribution >= 4 is 17.7 Å². The molecule has 0 radical (unpaired) electrons. The highest BCUT2D eigenvalue weighted by Crippen LogP contribution is 2.41. The number of fused-ring (bicyclic) bond motifs is 2. The minimum absolute atomic E-state index is 0.0598. The number of carbonyl (C=O) groups excluding carboxylic acids is 3. The Morgan fingerprint density at radius 3 is 2.62 bits per heavy atom. The van der Waals surface area contributed by atoms with Gasteiger partial charge in [0.1, 0.15) is 0 Å². The van der Waals surface area contributed by atoms with Crippen LogP contribution in [-0.4, -0.2) is 17.7 Å². The van der Waals surface area contributed by atoms with Gasteiger partial charge in [0, 0.05) is 5.56 Å². The number of amides is 3. The number of carbonyl (C=O) groups is 3. The third kappa shape index (κ3) is 2.60. The molecular weight excluding hydrogens is 328 g/mol. The fraction of sp³-hybridized carbons (Fsp3) is 0.286. The van der Waals surface area contributed by atoms with Crippen LogP contribution < -0.4 is 10.6 Å². The van der Waals surface area contributed by atoms with Gasteiger partial charge in [-0.05, 0) is 47.6 Å². The highest BCUT2D eigenvalue weighted by atomic mass is 16.2. The zero-order valence-electron chi connectivity index (χ0n) is 14.8. The standard InChI is InChI=1S/C21H20N2O3/c1-21(2)10-9-17(14-5-3-4-6-16(14)21)22-18(24)12-7-8-13-15(11-12)20(26)23-19(13)25/h3-8,11,17H,9-10H2,1-2H3,(H,22,24)(H,23,25,26)/t17-/m0/s1. The molecule has 0 aromatic heterocycles. The van der Waals surface area contributed by atoms with E-state index in [1.54, 1.807) is 6.07 Å². The molecule has 2 aromatic rings. The maximum absolute atomic E-state index is 12.7. The molecule has 132 valence electrons. The van der Waals surface area contributed by atoms with Gasteiger partial charge in [-0.25, -0.2) is 0 Å². The molecule has 26 heavy (non-hydrogen) atoms. The number of imide groups is 1. The summed E-state index contributed by atoms with van der Waals surface area (Å²) in [5.41, 5.74) is 3.45. The Kier molecular flexibility index (Phi) is 3.68. The number of nitrogens with one attached hydrogen (secondary N) is 2. The lowest BCUT2D eigenvalue weighted by Crippen LogP contribution is -2.35. The molecule has 4 rings (SSSR count). The number of rotatable bonds is 2. The second-order valence-electron chi connectivity index (χ2n) is 7.58. The first kappa shape index (κ1) is 16.5. The van der Waals surface area contributed by atoms with Crippen LogP contribution in [0.4, 0.5) is 0 Å². The van der Waals surface area contributed by atoms with Crippen molar-refractivity contribution in [2.75, 3.05) is 0 Å². The molecule has 0 fully saturated rings. The van der Waals surface area contributed by atoms with Crippen molar-refractivity contribution in [2.24, 2.45) is 0 Å². The first-order valence-electron chi connectivity index (χ1n) is 8.77. The Labute approximate surface area is 151 Å². The molecule has 1 atom stereocenters. The lowest BCUT2D eigenvalue weighted by molar-refractivity contribution is 0.0878. The summed E-state index contributed by atoms with van der Waals surface area (Å²) in [4.78, 5) is 36.2. The van der Waals surface area contributed by atoms with Crippen molar-refractivity contribution < 1.29 is 14.4 Å². The lowest BCUT2D eigenvalue weighted by Gasteiger charge is -2.37. The summed E-state index contributed by atoms with van der Waals surface area (Å²) in [5.74, 6) is -1.11. The van der Waals surface area contributed by atoms with E-state index in [9.17, 15) is 14.4 Å². The van der Waals surface area contributed by atoms with Crippen molar-refractivity contribution in [3.63, 3.8) is 0 Å². The summed E-state index contributed by atoms with van der Waals surface area (Å²) in [6.45, 7) is 4.44. The first-order valence-corrected chi connectivity index (χ1v) is 8.77. The largest absolute Gasteiger partial charge is 0.345 e. The quantitative estimate of drug-likeness (QED) is 0.819. The molecule has 2 aliphatic rings. The average Bonchev–Trinajstić information content (AvgIpc) is 2.91. The molecule has 0 unspecified atom stereocenters. The van der Waals surface area contributed by atoms with E-state index in [4.69, 9.17) is 0 Å². The van der Waals surface area contributed by atoms with Gasteiger partial charge in [-0.15, -0.1) is 0 Å². The maximum Gasteiger partial charge on any atom is 0.258 e. The van der Waals surface area contributed by atoms with Crippen LogP contribution in [0.5, 0.6) is 0 Å². The number of hydrogen-bond acceptors (Lipinski definition) is 3. The van der Waals surface area contributed by atoms with Crippen molar-refractivity contribution in [1.82, 2.24) is 10.6 Å². The van der Waals surface area contributed by atoms with Gasteiger partial charge in [-0.3, -0.25) is 19.7 Å². The third-order valence-electron chi connectivity index (χ3n) is 5.43. The molecule has 1 aliphatic carbocycles. The van der Waals surface area contributed by atoms with Gasteiger partial charge < -0.3 is 5.32 Å². The predicted octanol–water partition coefficient (Wildman–Crippen LogP) is 3.11. The van der Waals surface area contributed by atoms with E-state index in [1.807, 2.05) is 12.1 Å². The molecule has 5 nitrogen and oxygen atoms in total. The van der Waals surface area contributed by atoms with Crippen LogP contribution in [0.2, 0.25) is 0 Å². The number of benzene rings is 2. The second-order valence-corrected chi connectivity index (χ2v) is 7.58. The summed E-state index contributed by atoms with van der Waals surface area (Å²) >= 11 is 0. The Balaban J connectivity index is 1.61. The summed E-state index contributed by atoms with van der Waals surface area (Å²) in [6, 6.07) is 12.8. The molecule has 1 heterocycles. The van der Waals surface area contributed by atoms with E-state index in [0.717, 1.165) is 18.4 Å². The van der Waals surface area contributed by atoms with E-state index in [-0.39, 0.29) is 22.9 Å². The topological polar surface area (TPSA) is 75.3 Å². The Morgan fingerprint density at radius 2 is 1.81 bits per heavy atom. The maximum atomic E-state index is 12.7. The van der Waals surface area contributed by atoms with E-state index in [2.05, 4.69) is 36.6 Å². The molecule has 3 amide bonds. The molecule has 0 saturated heterocycles. The van der Waals surface area contributed by atoms with Crippen LogP contribution >= 0.6 is 0 Å². The van der Waals surface area contributed by atoms with Gasteiger partial charge in [0.05, 0.1) is 17.2 Å². The molecule has 2 N–H and O–H groups in total. The molecule has 0 spiro atoms. The van der Waals surface area contributed by atoms with E-state index < -0.39 is 11.8 Å². The predicted molar refractivity (Wildman–Crippen MR) is 97.1 cm³/mol. The molecular formula is C21H20N2O3. The van der Waals surface area contributed by atoms with Gasteiger partial charge in [0.15, 0.2) is 0 Å². The summed E-state index contributed by atoms with van der Waals surface area (Å²) in [5, 5.41) is 5.33. The first-order chi connectivity index (χ1) is 12.4. The highest BCUT2D eigenvalue weighted by Gasteiger charge is 2.33. The molecule has 0 bridgehead atoms. The van der Waals surface area contributed by atoms with Crippen LogP contribution in [0.15, 0.2) is 42.5 Å². The smallest absolute Gasteiger partial charge is 0.258 e. The zero-order valence-corrected chi connectivity index (χ0v) is 14.8. The Hall–Kier alpha value is -2.95. The molecule has 2 aromatic carbocycles. The van der Waals surface area contributed by atoms with Gasteiger partial charge in [0.2, 0.25) is 0 Å². The van der Waals surface area contributed by atoms with Gasteiger partial charge >= 0.3 is 0 Å². The fourth-order valence-corrected chi connectivity index (χ4v) is 3.91. The van der Waals surface area contributed by atoms with Gasteiger partial charge in [-0.1, -0.05) is 38.1 Å². The highest BCUT2D eigenvalue weighted by molar-refractivity contribution is 6.22. The Bertz CT molecular complexity index is 946. The monoisotopic (exact) mass is 348 g/mol. The second kappa shape index (κ2) is 5.80. The van der Waals surface area contributed by atoms with Crippen LogP contribution in [0.25, 0.3) is 0 Å². The van der Waals surface area contributed by atoms with Crippen molar-refractivity contribution in [3.05, 3.63) is 70.3 Å². The van der Waals surface area contributed by atoms with Gasteiger partial charge in [0.25, 0.3) is 17.7 Å². The van der Waals surface area contributed by atoms with Crippen LogP contribution in [0.3, 0.4) is 0 Å². The summed E-state index contributed by atoms with van der Waals surface area (Å²) in [7, 11) is 0. The van der Waals surface area contributed by atoms with E-state index in [0.29, 0.717) is 11.1 Å². The zero-order chi connectivity index (χ0) is 18.5. The van der Waals surface area contributed by atoms with Crippen molar-refractivity contribution in [3.8, 4) is 0 Å². The van der Waals surface area contributed by atoms with Crippen LogP contribution in [0, 0.1) is 0 Å². The molecule has 5 heteroatoms. The number of hydrogen-bond donors (Lipinski definition) is 2. The minimum Gasteiger partial charge on any atom is -0.345 e. The average molecular weight is 348 g/mol. The summed E-state index contributed by atoms with van der Waals surface area (Å²) in [6.07, 6.45) is 1.84. The van der Waals surface area contributed by atoms with E-state index in [1.165, 1.54) is 17.7 Å². The van der Waals surface area contributed by atoms with Crippen LogP contribution in [0.1, 0.15) is 74.9 Å². The normalized spacial score (nSPS) is 20.2. The molecule has 1 aliphatic heterocycles. The Morgan fingerprint density at radius 1 is 1.08 bits per heavy atom. The SMILES string of the molecule is CC1(C)CC[C@H](NC(=O)c2ccc3c(c2)C(=O)NC3=O)c2ccccc21. The van der Waals surface area contributed by atoms with Crippen molar-refractivity contribution in [1.29, 1.82) is 0 Å². The molecule has 0 saturated carbocycles. The fourth-order valence-electron chi connectivity index (χ4n) is 3.91. The van der Waals surface area contributed by atoms with E-state index >= 15 is 0 Å².